The maximum atomic E-state index is 14.9. The summed E-state index contributed by atoms with van der Waals surface area (Å²) >= 11 is 6.34. The van der Waals surface area contributed by atoms with Crippen molar-refractivity contribution >= 4 is 34.9 Å². The second-order valence-electron chi connectivity index (χ2n) is 13.4. The molecule has 1 aromatic heterocycles. The molecule has 1 aliphatic rings. The molecule has 57 heavy (non-hydrogen) atoms. The van der Waals surface area contributed by atoms with Crippen molar-refractivity contribution in [3.63, 3.8) is 0 Å². The maximum absolute atomic E-state index is 14.9. The van der Waals surface area contributed by atoms with Crippen molar-refractivity contribution in [2.45, 2.75) is 64.8 Å². The molecule has 0 aliphatic carbocycles. The van der Waals surface area contributed by atoms with Gasteiger partial charge in [-0.3, -0.25) is 9.79 Å². The molecule has 3 N–H and O–H groups in total. The molecule has 0 spiro atoms. The first-order valence-electron chi connectivity index (χ1n) is 19.7. The van der Waals surface area contributed by atoms with Crippen LogP contribution in [0, 0.1) is 11.6 Å². The van der Waals surface area contributed by atoms with Crippen LogP contribution in [0.1, 0.15) is 85.3 Å². The molecule has 296 valence electrons. The molecule has 0 atom stereocenters. The number of anilines is 2. The van der Waals surface area contributed by atoms with Crippen LogP contribution in [0.2, 0.25) is 5.02 Å². The summed E-state index contributed by atoms with van der Waals surface area (Å²) < 4.78 is 29.8. The molecule has 0 saturated heterocycles. The summed E-state index contributed by atoms with van der Waals surface area (Å²) in [7, 11) is 0. The van der Waals surface area contributed by atoms with Crippen molar-refractivity contribution < 1.29 is 13.6 Å². The van der Waals surface area contributed by atoms with Crippen LogP contribution in [0.25, 0.3) is 11.3 Å². The quantitative estimate of drug-likeness (QED) is 0.0578. The number of hydrogen-bond donors (Lipinski definition) is 3. The van der Waals surface area contributed by atoms with E-state index < -0.39 is 11.6 Å². The minimum atomic E-state index is -0.715. The molecule has 2 heterocycles. The molecule has 5 rings (SSSR count). The molecule has 0 saturated carbocycles. The first-order chi connectivity index (χ1) is 27.9. The largest absolute Gasteiger partial charge is 0.351 e. The molecule has 10 heteroatoms. The molecule has 3 aromatic carbocycles. The van der Waals surface area contributed by atoms with Crippen LogP contribution >= 0.6 is 11.6 Å². The molecule has 1 aliphatic heterocycles. The third-order valence-corrected chi connectivity index (χ3v) is 9.32. The Morgan fingerprint density at radius 3 is 2.12 bits per heavy atom. The van der Waals surface area contributed by atoms with Gasteiger partial charge in [0.2, 0.25) is 5.95 Å². The number of benzene rings is 3. The Labute approximate surface area is 340 Å². The van der Waals surface area contributed by atoms with Crippen molar-refractivity contribution in [2.24, 2.45) is 4.99 Å². The molecule has 0 unspecified atom stereocenters. The van der Waals surface area contributed by atoms with Gasteiger partial charge in [0.05, 0.1) is 23.5 Å². The minimum absolute atomic E-state index is 0.121. The van der Waals surface area contributed by atoms with E-state index in [0.717, 1.165) is 57.9 Å². The summed E-state index contributed by atoms with van der Waals surface area (Å²) in [6.07, 6.45) is 32.1. The first kappa shape index (κ1) is 42.6. The number of hydrogen-bond acceptors (Lipinski definition) is 6. The SMILES string of the molecule is CC/C=C\CC=CCC=CC/C=C\C/C=C\CCCCNCCNC(=O)c1ccc(Nc2ncc3c(n2)-c2ccc(Cl)cc2C(c2c(F)cccc2F)=NC3)cc1. The number of nitrogens with one attached hydrogen (secondary N) is 3. The van der Waals surface area contributed by atoms with Gasteiger partial charge in [0.25, 0.3) is 5.91 Å². The molecular formula is C47H51ClF2N6O. The molecule has 0 bridgehead atoms. The van der Waals surface area contributed by atoms with E-state index in [1.807, 2.05) is 0 Å². The van der Waals surface area contributed by atoms with Crippen LogP contribution in [-0.2, 0) is 6.54 Å². The van der Waals surface area contributed by atoms with E-state index in [1.165, 1.54) is 18.2 Å². The van der Waals surface area contributed by atoms with Gasteiger partial charge >= 0.3 is 0 Å². The number of rotatable bonds is 21. The fourth-order valence-corrected chi connectivity index (χ4v) is 6.30. The summed E-state index contributed by atoms with van der Waals surface area (Å²) in [6, 6.07) is 15.9. The number of carbonyl (C=O) groups is 1. The highest BCUT2D eigenvalue weighted by atomic mass is 35.5. The Hall–Kier alpha value is -5.51. The van der Waals surface area contributed by atoms with Gasteiger partial charge in [-0.25, -0.2) is 18.7 Å². The number of unbranched alkanes of at least 4 members (excludes halogenated alkanes) is 2. The maximum Gasteiger partial charge on any atom is 0.251 e. The van der Waals surface area contributed by atoms with Crippen LogP contribution in [0.15, 0.2) is 133 Å². The van der Waals surface area contributed by atoms with Gasteiger partial charge in [-0.15, -0.1) is 0 Å². The molecule has 0 radical (unpaired) electrons. The summed E-state index contributed by atoms with van der Waals surface area (Å²) in [6.45, 7) is 4.40. The zero-order valence-electron chi connectivity index (χ0n) is 32.5. The highest BCUT2D eigenvalue weighted by Crippen LogP contribution is 2.34. The Bertz CT molecular complexity index is 2090. The Kier molecular flexibility index (Phi) is 17.6. The Morgan fingerprint density at radius 2 is 1.44 bits per heavy atom. The van der Waals surface area contributed by atoms with E-state index in [9.17, 15) is 13.6 Å². The highest BCUT2D eigenvalue weighted by molar-refractivity contribution is 6.31. The van der Waals surface area contributed by atoms with Crippen molar-refractivity contribution in [3.8, 4) is 11.3 Å². The van der Waals surface area contributed by atoms with Gasteiger partial charge < -0.3 is 16.0 Å². The number of aromatic nitrogens is 2. The van der Waals surface area contributed by atoms with E-state index in [1.54, 1.807) is 48.7 Å². The lowest BCUT2D eigenvalue weighted by molar-refractivity contribution is 0.0954. The summed E-state index contributed by atoms with van der Waals surface area (Å²) in [4.78, 5) is 26.6. The number of aliphatic imine (C=N–C) groups is 1. The second-order valence-corrected chi connectivity index (χ2v) is 13.9. The van der Waals surface area contributed by atoms with Gasteiger partial charge in [-0.05, 0) is 106 Å². The van der Waals surface area contributed by atoms with E-state index in [4.69, 9.17) is 16.6 Å². The van der Waals surface area contributed by atoms with Crippen molar-refractivity contribution in [3.05, 3.63) is 167 Å². The number of carbonyl (C=O) groups excluding carboxylic acids is 1. The van der Waals surface area contributed by atoms with Crippen LogP contribution in [-0.4, -0.2) is 41.2 Å². The van der Waals surface area contributed by atoms with Gasteiger partial charge in [0.15, 0.2) is 0 Å². The third kappa shape index (κ3) is 13.6. The predicted molar refractivity (Wildman–Crippen MR) is 231 cm³/mol. The number of fused-ring (bicyclic) bond motifs is 3. The Morgan fingerprint density at radius 1 is 0.772 bits per heavy atom. The van der Waals surface area contributed by atoms with Crippen molar-refractivity contribution in [1.29, 1.82) is 0 Å². The van der Waals surface area contributed by atoms with Crippen LogP contribution < -0.4 is 16.0 Å². The zero-order chi connectivity index (χ0) is 40.1. The highest BCUT2D eigenvalue weighted by Gasteiger charge is 2.25. The van der Waals surface area contributed by atoms with Crippen molar-refractivity contribution in [1.82, 2.24) is 20.6 Å². The first-order valence-corrected chi connectivity index (χ1v) is 20.1. The fraction of sp³-hybridized carbons (Fsp3) is 0.277. The topological polar surface area (TPSA) is 91.3 Å². The van der Waals surface area contributed by atoms with Crippen LogP contribution in [0.4, 0.5) is 20.4 Å². The molecule has 1 amide bonds. The average molecular weight is 789 g/mol. The molecule has 0 fully saturated rings. The van der Waals surface area contributed by atoms with Gasteiger partial charge in [-0.1, -0.05) is 91.4 Å². The van der Waals surface area contributed by atoms with E-state index in [0.29, 0.717) is 57.7 Å². The summed E-state index contributed by atoms with van der Waals surface area (Å²) in [5.41, 5.74) is 3.53. The molecular weight excluding hydrogens is 738 g/mol. The molecule has 7 nitrogen and oxygen atoms in total. The van der Waals surface area contributed by atoms with Gasteiger partial charge in [0.1, 0.15) is 11.6 Å². The number of allylic oxidation sites excluding steroid dienone is 10. The molecule has 4 aromatic rings. The number of nitrogens with zero attached hydrogens (tertiary/aromatic N) is 3. The Balaban J connectivity index is 0.988. The number of amides is 1. The van der Waals surface area contributed by atoms with E-state index in [-0.39, 0.29) is 23.7 Å². The average Bonchev–Trinajstić information content (AvgIpc) is 3.36. The van der Waals surface area contributed by atoms with E-state index in [2.05, 4.69) is 93.6 Å². The number of halogens is 3. The zero-order valence-corrected chi connectivity index (χ0v) is 33.2. The predicted octanol–water partition coefficient (Wildman–Crippen LogP) is 11.4. The van der Waals surface area contributed by atoms with Gasteiger partial charge in [-0.2, -0.15) is 0 Å². The fourth-order valence-electron chi connectivity index (χ4n) is 6.13. The minimum Gasteiger partial charge on any atom is -0.351 e. The smallest absolute Gasteiger partial charge is 0.251 e. The monoisotopic (exact) mass is 788 g/mol. The van der Waals surface area contributed by atoms with Crippen molar-refractivity contribution in [2.75, 3.05) is 25.0 Å². The lowest BCUT2D eigenvalue weighted by Crippen LogP contribution is -2.32. The third-order valence-electron chi connectivity index (χ3n) is 9.09. The van der Waals surface area contributed by atoms with E-state index >= 15 is 0 Å². The normalized spacial score (nSPS) is 12.8. The summed E-state index contributed by atoms with van der Waals surface area (Å²) in [5, 5.41) is 9.96. The lowest BCUT2D eigenvalue weighted by atomic mass is 9.95. The summed E-state index contributed by atoms with van der Waals surface area (Å²) in [5.74, 6) is -1.27. The van der Waals surface area contributed by atoms with Crippen LogP contribution in [0.5, 0.6) is 0 Å². The van der Waals surface area contributed by atoms with Crippen LogP contribution in [0.3, 0.4) is 0 Å². The second kappa shape index (κ2) is 23.5. The standard InChI is InChI=1S/C47H51ClF2N6O/c1-2-3-4-5-6-7-8-9-10-11-12-13-14-15-16-17-18-19-29-51-30-31-52-46(57)35-23-26-38(27-24-35)55-47-54-34-36-33-53-45(43-41(49)21-20-22-42(43)50)40-32-37(48)25-28-39(40)44(36)56-47/h3-4,6-7,9-10,12-13,15-16,20-28,32,34,51H,2,5,8,11,14,17-19,29-31,33H2,1H3,(H,52,57)(H,54,55,56)/b4-3-,7-6?,10-9?,13-12-,16-15-. The lowest BCUT2D eigenvalue weighted by Gasteiger charge is -2.13. The van der Waals surface area contributed by atoms with Gasteiger partial charge in [0, 0.05) is 52.3 Å².